The number of ether oxygens (including phenoxy) is 4. The molecule has 0 radical (unpaired) electrons. The summed E-state index contributed by atoms with van der Waals surface area (Å²) in [7, 11) is 1.64. The first kappa shape index (κ1) is 24.1. The van der Waals surface area contributed by atoms with Crippen molar-refractivity contribution < 1.29 is 28.5 Å². The summed E-state index contributed by atoms with van der Waals surface area (Å²) in [5, 5.41) is 0. The second kappa shape index (κ2) is 10.3. The van der Waals surface area contributed by atoms with E-state index in [1.165, 1.54) is 6.92 Å². The monoisotopic (exact) mass is 442 g/mol. The van der Waals surface area contributed by atoms with Crippen molar-refractivity contribution in [2.75, 3.05) is 7.11 Å². The Bertz CT molecular complexity index is 842. The Labute approximate surface area is 190 Å². The lowest BCUT2D eigenvalue weighted by Crippen LogP contribution is -2.39. The van der Waals surface area contributed by atoms with E-state index in [1.807, 2.05) is 31.2 Å². The molecule has 1 heterocycles. The lowest BCUT2D eigenvalue weighted by atomic mass is 9.79. The zero-order chi connectivity index (χ0) is 23.4. The summed E-state index contributed by atoms with van der Waals surface area (Å²) in [5.41, 5.74) is 2.97. The third-order valence-corrected chi connectivity index (χ3v) is 6.50. The van der Waals surface area contributed by atoms with Gasteiger partial charge in [0.05, 0.1) is 26.2 Å². The number of benzene rings is 1. The summed E-state index contributed by atoms with van der Waals surface area (Å²) in [4.78, 5) is 24.0. The molecule has 1 aliphatic carbocycles. The Kier molecular flexibility index (Phi) is 7.77. The normalized spacial score (nSPS) is 28.3. The molecular weight excluding hydrogens is 408 g/mol. The van der Waals surface area contributed by atoms with Crippen LogP contribution < -0.4 is 4.74 Å². The Morgan fingerprint density at radius 1 is 1.22 bits per heavy atom. The average molecular weight is 443 g/mol. The largest absolute Gasteiger partial charge is 0.497 e. The zero-order valence-corrected chi connectivity index (χ0v) is 19.5. The molecule has 1 aliphatic heterocycles. The number of hydrogen-bond donors (Lipinski definition) is 0. The van der Waals surface area contributed by atoms with Crippen molar-refractivity contribution in [3.05, 3.63) is 54.1 Å². The van der Waals surface area contributed by atoms with Gasteiger partial charge in [0, 0.05) is 25.2 Å². The van der Waals surface area contributed by atoms with Gasteiger partial charge < -0.3 is 18.9 Å². The third-order valence-electron chi connectivity index (χ3n) is 6.50. The molecule has 1 aromatic rings. The number of carbonyl (C=O) groups is 2. The first-order valence-electron chi connectivity index (χ1n) is 11.1. The molecule has 1 saturated carbocycles. The first-order chi connectivity index (χ1) is 15.2. The standard InChI is InChI=1S/C26H34O6/c1-15(2)11-23(31-18(5)27)21-13-24(28)32-26(21)25-16(3)12-22(17(25)4)30-14-19-7-9-20(29-6)10-8-19/h7-10,17,21-23,25-26H,1,3,11-14H2,2,4-6H3/t17-,21-,22+,23+,25-,26+/m1/s1. The smallest absolute Gasteiger partial charge is 0.306 e. The molecule has 0 spiro atoms. The molecular formula is C26H34O6. The highest BCUT2D eigenvalue weighted by Gasteiger charge is 2.51. The summed E-state index contributed by atoms with van der Waals surface area (Å²) >= 11 is 0. The lowest BCUT2D eigenvalue weighted by molar-refractivity contribution is -0.151. The maximum Gasteiger partial charge on any atom is 0.306 e. The fourth-order valence-corrected chi connectivity index (χ4v) is 4.97. The first-order valence-corrected chi connectivity index (χ1v) is 11.1. The summed E-state index contributed by atoms with van der Waals surface area (Å²) in [6.07, 6.45) is 0.583. The number of rotatable bonds is 9. The SMILES string of the molecule is C=C(C)C[C@H](OC(C)=O)[C@H]1CC(=O)O[C@@H]1[C@@H]1C(=C)C[C@H](OCc2ccc(OC)cc2)[C@H]1C. The van der Waals surface area contributed by atoms with Crippen molar-refractivity contribution in [3.63, 3.8) is 0 Å². The summed E-state index contributed by atoms with van der Waals surface area (Å²) in [5.74, 6) is 0.0162. The molecule has 6 atom stereocenters. The topological polar surface area (TPSA) is 71.1 Å². The van der Waals surface area contributed by atoms with Gasteiger partial charge >= 0.3 is 11.9 Å². The van der Waals surface area contributed by atoms with Gasteiger partial charge in [-0.2, -0.15) is 0 Å². The van der Waals surface area contributed by atoms with E-state index in [0.29, 0.717) is 19.4 Å². The van der Waals surface area contributed by atoms with E-state index >= 15 is 0 Å². The third kappa shape index (κ3) is 5.60. The lowest BCUT2D eigenvalue weighted by Gasteiger charge is -2.32. The van der Waals surface area contributed by atoms with Crippen molar-refractivity contribution in [1.82, 2.24) is 0 Å². The number of hydrogen-bond acceptors (Lipinski definition) is 6. The fraction of sp³-hybridized carbons (Fsp3) is 0.538. The maximum atomic E-state index is 12.3. The Hall–Kier alpha value is -2.60. The van der Waals surface area contributed by atoms with Crippen LogP contribution in [-0.2, 0) is 30.4 Å². The van der Waals surface area contributed by atoms with Crippen LogP contribution >= 0.6 is 0 Å². The van der Waals surface area contributed by atoms with E-state index in [9.17, 15) is 9.59 Å². The van der Waals surface area contributed by atoms with Crippen molar-refractivity contribution in [2.45, 2.75) is 65.0 Å². The van der Waals surface area contributed by atoms with Gasteiger partial charge in [0.25, 0.3) is 0 Å². The van der Waals surface area contributed by atoms with Gasteiger partial charge in [0.15, 0.2) is 0 Å². The number of methoxy groups -OCH3 is 1. The van der Waals surface area contributed by atoms with Crippen molar-refractivity contribution in [1.29, 1.82) is 0 Å². The molecule has 6 heteroatoms. The van der Waals surface area contributed by atoms with Gasteiger partial charge in [-0.25, -0.2) is 0 Å². The predicted molar refractivity (Wildman–Crippen MR) is 121 cm³/mol. The Morgan fingerprint density at radius 3 is 2.50 bits per heavy atom. The van der Waals surface area contributed by atoms with Crippen LogP contribution in [0.25, 0.3) is 0 Å². The molecule has 1 aromatic carbocycles. The molecule has 0 N–H and O–H groups in total. The van der Waals surface area contributed by atoms with Crippen LogP contribution in [0, 0.1) is 17.8 Å². The molecule has 2 fully saturated rings. The van der Waals surface area contributed by atoms with Crippen LogP contribution in [0.15, 0.2) is 48.6 Å². The number of carbonyl (C=O) groups excluding carboxylic acids is 2. The van der Waals surface area contributed by atoms with Crippen LogP contribution in [0.3, 0.4) is 0 Å². The molecule has 1 saturated heterocycles. The Balaban J connectivity index is 1.71. The number of esters is 2. The van der Waals surface area contributed by atoms with Gasteiger partial charge in [0.2, 0.25) is 0 Å². The van der Waals surface area contributed by atoms with E-state index < -0.39 is 6.10 Å². The van der Waals surface area contributed by atoms with Crippen molar-refractivity contribution >= 4 is 11.9 Å². The van der Waals surface area contributed by atoms with Gasteiger partial charge in [0.1, 0.15) is 18.0 Å². The summed E-state index contributed by atoms with van der Waals surface area (Å²) in [6, 6.07) is 7.80. The van der Waals surface area contributed by atoms with E-state index in [0.717, 1.165) is 22.5 Å². The van der Waals surface area contributed by atoms with E-state index in [4.69, 9.17) is 18.9 Å². The molecule has 0 bridgehead atoms. The minimum atomic E-state index is -0.444. The second-order valence-corrected chi connectivity index (χ2v) is 9.08. The van der Waals surface area contributed by atoms with E-state index in [2.05, 4.69) is 20.1 Å². The van der Waals surface area contributed by atoms with Crippen LogP contribution in [0.5, 0.6) is 5.75 Å². The van der Waals surface area contributed by atoms with Gasteiger partial charge in [-0.05, 0) is 37.0 Å². The molecule has 3 rings (SSSR count). The highest BCUT2D eigenvalue weighted by molar-refractivity contribution is 5.73. The van der Waals surface area contributed by atoms with Crippen LogP contribution in [0.2, 0.25) is 0 Å². The zero-order valence-electron chi connectivity index (χ0n) is 19.5. The highest BCUT2D eigenvalue weighted by Crippen LogP contribution is 2.46. The summed E-state index contributed by atoms with van der Waals surface area (Å²) in [6.45, 7) is 14.1. The number of cyclic esters (lactones) is 1. The van der Waals surface area contributed by atoms with Crippen molar-refractivity contribution in [3.8, 4) is 5.75 Å². The van der Waals surface area contributed by atoms with Gasteiger partial charge in [-0.1, -0.05) is 36.8 Å². The molecule has 6 nitrogen and oxygen atoms in total. The van der Waals surface area contributed by atoms with Gasteiger partial charge in [-0.3, -0.25) is 9.59 Å². The minimum Gasteiger partial charge on any atom is -0.497 e. The van der Waals surface area contributed by atoms with E-state index in [1.54, 1.807) is 7.11 Å². The minimum absolute atomic E-state index is 0.0251. The molecule has 174 valence electrons. The van der Waals surface area contributed by atoms with Crippen molar-refractivity contribution in [2.24, 2.45) is 17.8 Å². The summed E-state index contributed by atoms with van der Waals surface area (Å²) < 4.78 is 22.8. The molecule has 0 aromatic heterocycles. The molecule has 0 unspecified atom stereocenters. The van der Waals surface area contributed by atoms with Crippen LogP contribution in [0.4, 0.5) is 0 Å². The Morgan fingerprint density at radius 2 is 1.91 bits per heavy atom. The quantitative estimate of drug-likeness (QED) is 0.410. The van der Waals surface area contributed by atoms with Crippen LogP contribution in [-0.4, -0.2) is 37.4 Å². The highest BCUT2D eigenvalue weighted by atomic mass is 16.6. The maximum absolute atomic E-state index is 12.3. The molecule has 32 heavy (non-hydrogen) atoms. The van der Waals surface area contributed by atoms with Gasteiger partial charge in [-0.15, -0.1) is 6.58 Å². The molecule has 0 amide bonds. The van der Waals surface area contributed by atoms with E-state index in [-0.39, 0.29) is 48.3 Å². The fourth-order valence-electron chi connectivity index (χ4n) is 4.97. The predicted octanol–water partition coefficient (Wildman–Crippen LogP) is 4.62. The molecule has 2 aliphatic rings. The van der Waals surface area contributed by atoms with Crippen LogP contribution in [0.1, 0.15) is 45.6 Å². The second-order valence-electron chi connectivity index (χ2n) is 9.08. The average Bonchev–Trinajstić information content (AvgIpc) is 3.24.